The number of aliphatic imine (C=N–C) groups is 1. The van der Waals surface area contributed by atoms with Crippen molar-refractivity contribution in [2.75, 3.05) is 12.1 Å². The van der Waals surface area contributed by atoms with Crippen LogP contribution in [0.5, 0.6) is 0 Å². The Morgan fingerprint density at radius 3 is 2.52 bits per heavy atom. The average Bonchev–Trinajstić information content (AvgIpc) is 2.64. The molecule has 0 spiro atoms. The van der Waals surface area contributed by atoms with Crippen molar-refractivity contribution in [3.63, 3.8) is 0 Å². The highest BCUT2D eigenvalue weighted by molar-refractivity contribution is 6.16. The van der Waals surface area contributed by atoms with Gasteiger partial charge >= 0.3 is 0 Å². The summed E-state index contributed by atoms with van der Waals surface area (Å²) in [5, 5.41) is 2.36. The summed E-state index contributed by atoms with van der Waals surface area (Å²) in [5.74, 6) is 2.89. The van der Waals surface area contributed by atoms with E-state index >= 15 is 0 Å². The van der Waals surface area contributed by atoms with Crippen molar-refractivity contribution in [1.82, 2.24) is 4.98 Å². The summed E-state index contributed by atoms with van der Waals surface area (Å²) in [7, 11) is 1.75. The third-order valence-electron chi connectivity index (χ3n) is 5.05. The van der Waals surface area contributed by atoms with Crippen molar-refractivity contribution in [3.8, 4) is 0 Å². The third kappa shape index (κ3) is 2.59. The summed E-state index contributed by atoms with van der Waals surface area (Å²) in [6.45, 7) is 2.93. The Labute approximate surface area is 156 Å². The van der Waals surface area contributed by atoms with Crippen LogP contribution in [0.1, 0.15) is 30.5 Å². The van der Waals surface area contributed by atoms with Crippen LogP contribution < -0.4 is 10.9 Å². The summed E-state index contributed by atoms with van der Waals surface area (Å²) < 4.78 is 29.9. The number of hydrogen-bond donors (Lipinski definition) is 1. The molecule has 0 amide bonds. The molecule has 4 rings (SSSR count). The van der Waals surface area contributed by atoms with E-state index in [1.54, 1.807) is 31.4 Å². The maximum Gasteiger partial charge on any atom is 0.297 e. The Morgan fingerprint density at radius 1 is 1.04 bits per heavy atom. The summed E-state index contributed by atoms with van der Waals surface area (Å²) >= 11 is 0. The highest BCUT2D eigenvalue weighted by atomic mass is 19.3. The number of hydrogen-bond acceptors (Lipinski definition) is 4. The van der Waals surface area contributed by atoms with E-state index in [-0.39, 0.29) is 5.56 Å². The molecule has 0 saturated carbocycles. The van der Waals surface area contributed by atoms with Crippen molar-refractivity contribution in [2.45, 2.75) is 25.3 Å². The van der Waals surface area contributed by atoms with Gasteiger partial charge in [0, 0.05) is 35.3 Å². The first-order valence-electron chi connectivity index (χ1n) is 8.67. The highest BCUT2D eigenvalue weighted by Crippen LogP contribution is 2.46. The zero-order valence-electron chi connectivity index (χ0n) is 15.4. The van der Waals surface area contributed by atoms with Crippen LogP contribution >= 0.6 is 0 Å². The minimum Gasteiger partial charge on any atom is -0.313 e. The van der Waals surface area contributed by atoms with Gasteiger partial charge in [0.05, 0.1) is 16.9 Å². The minimum atomic E-state index is -3.05. The Morgan fingerprint density at radius 2 is 1.78 bits per heavy atom. The van der Waals surface area contributed by atoms with E-state index in [4.69, 9.17) is 5.84 Å². The Hall–Kier alpha value is -2.86. The largest absolute Gasteiger partial charge is 0.313 e. The van der Waals surface area contributed by atoms with Crippen LogP contribution in [0.4, 0.5) is 14.5 Å². The third-order valence-corrected chi connectivity index (χ3v) is 5.05. The molecule has 2 aromatic carbocycles. The Kier molecular flexibility index (Phi) is 3.78. The summed E-state index contributed by atoms with van der Waals surface area (Å²) in [6.07, 6.45) is 1.69. The fourth-order valence-electron chi connectivity index (χ4n) is 3.51. The molecule has 1 aliphatic rings. The first kappa shape index (κ1) is 17.5. The van der Waals surface area contributed by atoms with Crippen LogP contribution in [0.15, 0.2) is 59.7 Å². The molecule has 2 N–H and O–H groups in total. The standard InChI is InChI=1S/C21H20F2N4/c1-20(2)21(22,23)16-7-5-4-6-14(16)19(26-20)13-8-9-17-15(12-13)18(27(3)24)10-11-25-17/h4-12H,24H2,1-3H3. The van der Waals surface area contributed by atoms with E-state index in [1.807, 2.05) is 24.3 Å². The number of benzene rings is 2. The van der Waals surface area contributed by atoms with Gasteiger partial charge < -0.3 is 5.01 Å². The van der Waals surface area contributed by atoms with Gasteiger partial charge in [0.2, 0.25) is 0 Å². The van der Waals surface area contributed by atoms with E-state index in [1.165, 1.54) is 24.9 Å². The number of nitrogens with two attached hydrogens (primary N) is 1. The summed E-state index contributed by atoms with van der Waals surface area (Å²) in [6, 6.07) is 14.0. The number of anilines is 1. The van der Waals surface area contributed by atoms with Crippen molar-refractivity contribution in [3.05, 3.63) is 71.4 Å². The maximum atomic E-state index is 14.9. The molecule has 0 saturated heterocycles. The quantitative estimate of drug-likeness (QED) is 0.544. The molecular weight excluding hydrogens is 346 g/mol. The molecular formula is C21H20F2N4. The number of rotatable bonds is 2. The van der Waals surface area contributed by atoms with Crippen LogP contribution in [0.25, 0.3) is 10.9 Å². The average molecular weight is 366 g/mol. The fourth-order valence-corrected chi connectivity index (χ4v) is 3.51. The molecule has 138 valence electrons. The predicted octanol–water partition coefficient (Wildman–Crippen LogP) is 4.27. The Bertz CT molecular complexity index is 1070. The van der Waals surface area contributed by atoms with Crippen LogP contribution in [-0.2, 0) is 5.92 Å². The van der Waals surface area contributed by atoms with Gasteiger partial charge in [-0.3, -0.25) is 9.98 Å². The van der Waals surface area contributed by atoms with E-state index < -0.39 is 11.5 Å². The lowest BCUT2D eigenvalue weighted by molar-refractivity contribution is -0.0681. The lowest BCUT2D eigenvalue weighted by Crippen LogP contribution is -2.44. The van der Waals surface area contributed by atoms with Gasteiger partial charge in [0.1, 0.15) is 5.54 Å². The highest BCUT2D eigenvalue weighted by Gasteiger charge is 2.52. The van der Waals surface area contributed by atoms with E-state index in [0.29, 0.717) is 11.3 Å². The molecule has 0 fully saturated rings. The lowest BCUT2D eigenvalue weighted by atomic mass is 9.81. The zero-order chi connectivity index (χ0) is 19.4. The van der Waals surface area contributed by atoms with E-state index in [2.05, 4.69) is 9.98 Å². The molecule has 1 aliphatic heterocycles. The zero-order valence-corrected chi connectivity index (χ0v) is 15.4. The van der Waals surface area contributed by atoms with Crippen LogP contribution in [0, 0.1) is 0 Å². The molecule has 0 radical (unpaired) electrons. The normalized spacial score (nSPS) is 17.3. The number of fused-ring (bicyclic) bond motifs is 2. The van der Waals surface area contributed by atoms with Gasteiger partial charge in [0.25, 0.3) is 5.92 Å². The second-order valence-corrected chi connectivity index (χ2v) is 7.31. The first-order chi connectivity index (χ1) is 12.7. The van der Waals surface area contributed by atoms with E-state index in [0.717, 1.165) is 22.2 Å². The van der Waals surface area contributed by atoms with Gasteiger partial charge in [-0.2, -0.15) is 8.78 Å². The van der Waals surface area contributed by atoms with Crippen molar-refractivity contribution in [1.29, 1.82) is 0 Å². The number of halogens is 2. The molecule has 0 atom stereocenters. The maximum absolute atomic E-state index is 14.9. The number of pyridine rings is 1. The molecule has 6 heteroatoms. The SMILES string of the molecule is CN(N)c1ccnc2ccc(C3=NC(C)(C)C(F)(F)c4ccccc43)cc12. The van der Waals surface area contributed by atoms with Crippen LogP contribution in [0.3, 0.4) is 0 Å². The van der Waals surface area contributed by atoms with Crippen molar-refractivity contribution >= 4 is 22.3 Å². The summed E-state index contributed by atoms with van der Waals surface area (Å²) in [4.78, 5) is 8.83. The molecule has 2 heterocycles. The lowest BCUT2D eigenvalue weighted by Gasteiger charge is -2.37. The number of alkyl halides is 2. The predicted molar refractivity (Wildman–Crippen MR) is 104 cm³/mol. The number of nitrogens with zero attached hydrogens (tertiary/aromatic N) is 3. The van der Waals surface area contributed by atoms with Gasteiger partial charge in [-0.1, -0.05) is 30.3 Å². The van der Waals surface area contributed by atoms with Crippen molar-refractivity contribution < 1.29 is 8.78 Å². The van der Waals surface area contributed by atoms with Crippen LogP contribution in [-0.4, -0.2) is 23.3 Å². The summed E-state index contributed by atoms with van der Waals surface area (Å²) in [5.41, 5.74) is 1.80. The fraction of sp³-hybridized carbons (Fsp3) is 0.238. The molecule has 3 aromatic rings. The van der Waals surface area contributed by atoms with Gasteiger partial charge in [0.15, 0.2) is 0 Å². The van der Waals surface area contributed by atoms with Gasteiger partial charge in [-0.05, 0) is 32.0 Å². The first-order valence-corrected chi connectivity index (χ1v) is 8.67. The molecule has 4 nitrogen and oxygen atoms in total. The molecule has 0 aliphatic carbocycles. The van der Waals surface area contributed by atoms with Gasteiger partial charge in [-0.25, -0.2) is 5.84 Å². The second-order valence-electron chi connectivity index (χ2n) is 7.31. The topological polar surface area (TPSA) is 54.5 Å². The number of hydrazine groups is 1. The van der Waals surface area contributed by atoms with Gasteiger partial charge in [-0.15, -0.1) is 0 Å². The monoisotopic (exact) mass is 366 g/mol. The molecule has 1 aromatic heterocycles. The Balaban J connectivity index is 1.98. The number of aromatic nitrogens is 1. The minimum absolute atomic E-state index is 0.00227. The van der Waals surface area contributed by atoms with E-state index in [9.17, 15) is 8.78 Å². The smallest absolute Gasteiger partial charge is 0.297 e. The molecule has 0 bridgehead atoms. The molecule has 0 unspecified atom stereocenters. The van der Waals surface area contributed by atoms with Crippen molar-refractivity contribution in [2.24, 2.45) is 10.8 Å². The van der Waals surface area contributed by atoms with Crippen LogP contribution in [0.2, 0.25) is 0 Å². The second kappa shape index (κ2) is 5.82. The molecule has 27 heavy (non-hydrogen) atoms.